The van der Waals surface area contributed by atoms with Crippen LogP contribution in [0.3, 0.4) is 0 Å². The third kappa shape index (κ3) is 4.34. The third-order valence-electron chi connectivity index (χ3n) is 5.28. The van der Waals surface area contributed by atoms with Crippen LogP contribution in [-0.2, 0) is 6.54 Å². The molecule has 0 bridgehead atoms. The molecule has 0 fully saturated rings. The number of amides is 1. The van der Waals surface area contributed by atoms with E-state index >= 15 is 0 Å². The van der Waals surface area contributed by atoms with E-state index in [1.54, 1.807) is 17.3 Å². The molecule has 0 aliphatic carbocycles. The van der Waals surface area contributed by atoms with Crippen molar-refractivity contribution in [1.29, 1.82) is 0 Å². The Balaban J connectivity index is 1.68. The van der Waals surface area contributed by atoms with Crippen molar-refractivity contribution < 1.29 is 9.53 Å². The van der Waals surface area contributed by atoms with Crippen LogP contribution in [0.25, 0.3) is 21.0 Å². The maximum atomic E-state index is 14.2. The number of ether oxygens (including phenoxy) is 1. The van der Waals surface area contributed by atoms with E-state index in [-0.39, 0.29) is 5.91 Å². The lowest BCUT2D eigenvalue weighted by atomic mass is 10.0. The highest BCUT2D eigenvalue weighted by atomic mass is 79.9. The summed E-state index contributed by atoms with van der Waals surface area (Å²) in [4.78, 5) is 24.9. The van der Waals surface area contributed by atoms with Crippen molar-refractivity contribution in [2.45, 2.75) is 13.5 Å². The number of hydrogen-bond acceptors (Lipinski definition) is 5. The van der Waals surface area contributed by atoms with Crippen LogP contribution in [0.5, 0.6) is 5.75 Å². The van der Waals surface area contributed by atoms with E-state index in [0.29, 0.717) is 29.6 Å². The molecule has 7 heteroatoms. The summed E-state index contributed by atoms with van der Waals surface area (Å²) >= 11 is 5.01. The Kier molecular flexibility index (Phi) is 6.07. The highest BCUT2D eigenvalue weighted by Crippen LogP contribution is 2.35. The van der Waals surface area contributed by atoms with E-state index in [9.17, 15) is 4.79 Å². The first-order chi connectivity index (χ1) is 16.1. The van der Waals surface area contributed by atoms with Gasteiger partial charge in [0.2, 0.25) is 0 Å². The molecule has 0 saturated carbocycles. The van der Waals surface area contributed by atoms with E-state index in [0.717, 1.165) is 31.0 Å². The molecule has 0 atom stereocenters. The summed E-state index contributed by atoms with van der Waals surface area (Å²) in [5.74, 6) is 0.415. The van der Waals surface area contributed by atoms with Gasteiger partial charge >= 0.3 is 0 Å². The molecular weight excluding hydrogens is 498 g/mol. The Morgan fingerprint density at radius 2 is 1.97 bits per heavy atom. The number of fused-ring (bicyclic) bond motifs is 2. The van der Waals surface area contributed by atoms with Gasteiger partial charge < -0.3 is 4.74 Å². The highest BCUT2D eigenvalue weighted by molar-refractivity contribution is 9.10. The van der Waals surface area contributed by atoms with Crippen LogP contribution >= 0.6 is 27.3 Å². The fourth-order valence-electron chi connectivity index (χ4n) is 3.79. The van der Waals surface area contributed by atoms with Crippen LogP contribution in [0, 0.1) is 0 Å². The molecular formula is C26H20BrN3O2S. The van der Waals surface area contributed by atoms with E-state index < -0.39 is 0 Å². The molecule has 164 valence electrons. The molecule has 0 spiro atoms. The number of carbonyl (C=O) groups excluding carboxylic acids is 1. The molecule has 0 saturated heterocycles. The average molecular weight is 518 g/mol. The van der Waals surface area contributed by atoms with Gasteiger partial charge in [-0.1, -0.05) is 63.7 Å². The van der Waals surface area contributed by atoms with Gasteiger partial charge in [0, 0.05) is 16.9 Å². The van der Waals surface area contributed by atoms with E-state index in [1.165, 1.54) is 11.3 Å². The summed E-state index contributed by atoms with van der Waals surface area (Å²) in [5, 5.41) is 2.47. The Hall–Kier alpha value is -3.29. The summed E-state index contributed by atoms with van der Waals surface area (Å²) < 4.78 is 7.87. The zero-order valence-electron chi connectivity index (χ0n) is 17.9. The molecule has 5 aromatic rings. The summed E-state index contributed by atoms with van der Waals surface area (Å²) in [6, 6.07) is 21.5. The summed E-state index contributed by atoms with van der Waals surface area (Å²) in [6.45, 7) is 2.74. The van der Waals surface area contributed by atoms with Crippen molar-refractivity contribution in [3.63, 3.8) is 0 Å². The molecule has 2 heterocycles. The maximum absolute atomic E-state index is 14.2. The number of benzene rings is 3. The van der Waals surface area contributed by atoms with Gasteiger partial charge in [0.15, 0.2) is 5.13 Å². The molecule has 0 unspecified atom stereocenters. The van der Waals surface area contributed by atoms with Crippen LogP contribution in [0.1, 0.15) is 22.8 Å². The third-order valence-corrected chi connectivity index (χ3v) is 6.82. The molecule has 5 nitrogen and oxygen atoms in total. The number of pyridine rings is 1. The van der Waals surface area contributed by atoms with E-state index in [1.807, 2.05) is 73.7 Å². The molecule has 2 aromatic heterocycles. The first-order valence-corrected chi connectivity index (χ1v) is 12.2. The van der Waals surface area contributed by atoms with Crippen LogP contribution in [0.15, 0.2) is 83.6 Å². The van der Waals surface area contributed by atoms with Gasteiger partial charge in [0.1, 0.15) is 5.75 Å². The molecule has 5 rings (SSSR count). The second-order valence-electron chi connectivity index (χ2n) is 7.45. The van der Waals surface area contributed by atoms with Crippen LogP contribution in [-0.4, -0.2) is 22.5 Å². The molecule has 0 aliphatic rings. The second-order valence-corrected chi connectivity index (χ2v) is 9.38. The van der Waals surface area contributed by atoms with Crippen molar-refractivity contribution in [1.82, 2.24) is 9.97 Å². The smallest absolute Gasteiger partial charge is 0.264 e. The number of carbonyl (C=O) groups is 1. The number of rotatable bonds is 6. The van der Waals surface area contributed by atoms with Gasteiger partial charge in [-0.2, -0.15) is 0 Å². The molecule has 0 N–H and O–H groups in total. The molecule has 1 amide bonds. The van der Waals surface area contributed by atoms with Crippen LogP contribution in [0.2, 0.25) is 0 Å². The van der Waals surface area contributed by atoms with Gasteiger partial charge in [-0.25, -0.2) is 4.98 Å². The van der Waals surface area contributed by atoms with Crippen molar-refractivity contribution >= 4 is 59.3 Å². The molecule has 0 aliphatic heterocycles. The Morgan fingerprint density at radius 3 is 2.79 bits per heavy atom. The fourth-order valence-corrected chi connectivity index (χ4v) is 5.30. The SMILES string of the molecule is CCOc1ccc2ccccc2c1C(=O)N(Cc1cccnc1)c1nc2ccc(Br)cc2s1. The van der Waals surface area contributed by atoms with Crippen molar-refractivity contribution in [2.24, 2.45) is 0 Å². The minimum atomic E-state index is -0.155. The monoisotopic (exact) mass is 517 g/mol. The normalized spacial score (nSPS) is 11.1. The molecule has 3 aromatic carbocycles. The standard InChI is InChI=1S/C26H20BrN3O2S/c1-2-32-22-12-9-18-7-3-4-8-20(18)24(22)25(31)30(16-17-6-5-13-28-15-17)26-29-21-11-10-19(27)14-23(21)33-26/h3-15H,2,16H2,1H3. The zero-order valence-corrected chi connectivity index (χ0v) is 20.3. The first kappa shape index (κ1) is 21.6. The fraction of sp³-hybridized carbons (Fsp3) is 0.115. The van der Waals surface area contributed by atoms with Crippen molar-refractivity contribution in [3.05, 3.63) is 94.7 Å². The van der Waals surface area contributed by atoms with Gasteiger partial charge in [-0.15, -0.1) is 0 Å². The van der Waals surface area contributed by atoms with Crippen molar-refractivity contribution in [2.75, 3.05) is 11.5 Å². The number of thiazole rings is 1. The summed E-state index contributed by atoms with van der Waals surface area (Å²) in [5.41, 5.74) is 2.31. The Bertz CT molecular complexity index is 1450. The van der Waals surface area contributed by atoms with Gasteiger partial charge in [0.25, 0.3) is 5.91 Å². The lowest BCUT2D eigenvalue weighted by Crippen LogP contribution is -2.31. The number of halogens is 1. The van der Waals surface area contributed by atoms with Gasteiger partial charge in [0.05, 0.1) is 28.9 Å². The number of aromatic nitrogens is 2. The largest absolute Gasteiger partial charge is 0.493 e. The Labute approximate surface area is 203 Å². The van der Waals surface area contributed by atoms with E-state index in [2.05, 4.69) is 20.9 Å². The maximum Gasteiger partial charge on any atom is 0.264 e. The minimum absolute atomic E-state index is 0.155. The van der Waals surface area contributed by atoms with Crippen LogP contribution in [0.4, 0.5) is 5.13 Å². The van der Waals surface area contributed by atoms with Gasteiger partial charge in [-0.3, -0.25) is 14.7 Å². The van der Waals surface area contributed by atoms with Crippen molar-refractivity contribution in [3.8, 4) is 5.75 Å². The minimum Gasteiger partial charge on any atom is -0.493 e. The lowest BCUT2D eigenvalue weighted by Gasteiger charge is -2.22. The highest BCUT2D eigenvalue weighted by Gasteiger charge is 2.26. The topological polar surface area (TPSA) is 55.3 Å². The van der Waals surface area contributed by atoms with Gasteiger partial charge in [-0.05, 0) is 53.6 Å². The second kappa shape index (κ2) is 9.29. The number of hydrogen-bond donors (Lipinski definition) is 0. The summed E-state index contributed by atoms with van der Waals surface area (Å²) in [6.07, 6.45) is 3.50. The summed E-state index contributed by atoms with van der Waals surface area (Å²) in [7, 11) is 0. The number of nitrogens with zero attached hydrogens (tertiary/aromatic N) is 3. The predicted molar refractivity (Wildman–Crippen MR) is 137 cm³/mol. The average Bonchev–Trinajstić information content (AvgIpc) is 3.25. The Morgan fingerprint density at radius 1 is 1.09 bits per heavy atom. The predicted octanol–water partition coefficient (Wildman–Crippen LogP) is 6.85. The lowest BCUT2D eigenvalue weighted by molar-refractivity contribution is 0.0983. The number of anilines is 1. The molecule has 0 radical (unpaired) electrons. The zero-order chi connectivity index (χ0) is 22.8. The molecule has 33 heavy (non-hydrogen) atoms. The first-order valence-electron chi connectivity index (χ1n) is 10.6. The quantitative estimate of drug-likeness (QED) is 0.247. The van der Waals surface area contributed by atoms with Crippen LogP contribution < -0.4 is 9.64 Å². The van der Waals surface area contributed by atoms with E-state index in [4.69, 9.17) is 9.72 Å².